The van der Waals surface area contributed by atoms with Gasteiger partial charge in [-0.05, 0) is 38.1 Å². The summed E-state index contributed by atoms with van der Waals surface area (Å²) in [7, 11) is -1.78. The van der Waals surface area contributed by atoms with Crippen molar-refractivity contribution in [3.8, 4) is 0 Å². The number of aryl methyl sites for hydroxylation is 1. The van der Waals surface area contributed by atoms with Gasteiger partial charge in [0.25, 0.3) is 10.0 Å². The zero-order chi connectivity index (χ0) is 15.3. The topological polar surface area (TPSA) is 76.0 Å². The van der Waals surface area contributed by atoms with Gasteiger partial charge in [0.05, 0.1) is 11.9 Å². The number of sulfonamides is 1. The van der Waals surface area contributed by atoms with Gasteiger partial charge in [0.1, 0.15) is 4.21 Å². The fourth-order valence-electron chi connectivity index (χ4n) is 1.83. The lowest BCUT2D eigenvalue weighted by Gasteiger charge is -2.03. The van der Waals surface area contributed by atoms with Gasteiger partial charge in [-0.1, -0.05) is 6.92 Å². The molecule has 2 aromatic rings. The van der Waals surface area contributed by atoms with E-state index < -0.39 is 10.0 Å². The summed E-state index contributed by atoms with van der Waals surface area (Å²) in [6.07, 6.45) is 5.05. The molecule has 0 aliphatic carbocycles. The highest BCUT2D eigenvalue weighted by molar-refractivity contribution is 7.94. The summed E-state index contributed by atoms with van der Waals surface area (Å²) in [6, 6.07) is 3.52. The van der Waals surface area contributed by atoms with Crippen LogP contribution in [0.4, 0.5) is 5.69 Å². The Balaban J connectivity index is 1.98. The van der Waals surface area contributed by atoms with Crippen LogP contribution in [-0.2, 0) is 23.5 Å². The number of nitrogens with zero attached hydrogens (tertiary/aromatic N) is 2. The highest BCUT2D eigenvalue weighted by atomic mass is 32.2. The van der Waals surface area contributed by atoms with Gasteiger partial charge in [-0.3, -0.25) is 9.40 Å². The van der Waals surface area contributed by atoms with E-state index in [9.17, 15) is 8.42 Å². The first-order chi connectivity index (χ1) is 10.0. The third-order valence-corrected chi connectivity index (χ3v) is 5.85. The predicted molar refractivity (Wildman–Crippen MR) is 85.2 cm³/mol. The van der Waals surface area contributed by atoms with Crippen molar-refractivity contribution in [3.63, 3.8) is 0 Å². The zero-order valence-electron chi connectivity index (χ0n) is 12.2. The molecule has 2 heterocycles. The number of aromatic nitrogens is 2. The van der Waals surface area contributed by atoms with Crippen LogP contribution in [0.5, 0.6) is 0 Å². The first-order valence-corrected chi connectivity index (χ1v) is 9.12. The Hall–Kier alpha value is -1.38. The van der Waals surface area contributed by atoms with E-state index in [0.717, 1.165) is 30.8 Å². The van der Waals surface area contributed by atoms with Crippen molar-refractivity contribution in [1.29, 1.82) is 0 Å². The minimum atomic E-state index is -3.52. The molecule has 0 spiro atoms. The van der Waals surface area contributed by atoms with Crippen LogP contribution in [0.15, 0.2) is 28.7 Å². The number of anilines is 1. The number of thiophene rings is 1. The standard InChI is InChI=1S/C13H20N4O2S2/c1-3-7-14-8-6-12-4-5-13(20-12)21(18,19)16-11-9-15-17(2)10-11/h4-5,9-10,14,16H,3,6-8H2,1-2H3. The molecule has 116 valence electrons. The van der Waals surface area contributed by atoms with Gasteiger partial charge < -0.3 is 5.32 Å². The molecule has 8 heteroatoms. The molecular weight excluding hydrogens is 308 g/mol. The molecule has 2 N–H and O–H groups in total. The average Bonchev–Trinajstić information content (AvgIpc) is 3.04. The van der Waals surface area contributed by atoms with E-state index in [2.05, 4.69) is 22.1 Å². The van der Waals surface area contributed by atoms with Crippen molar-refractivity contribution in [2.45, 2.75) is 24.0 Å². The normalized spacial score (nSPS) is 11.7. The maximum atomic E-state index is 12.2. The molecule has 0 aromatic carbocycles. The van der Waals surface area contributed by atoms with E-state index in [-0.39, 0.29) is 0 Å². The number of hydrogen-bond acceptors (Lipinski definition) is 5. The molecule has 0 atom stereocenters. The second-order valence-electron chi connectivity index (χ2n) is 4.73. The Kier molecular flexibility index (Phi) is 5.38. The SMILES string of the molecule is CCCNCCc1ccc(S(=O)(=O)Nc2cnn(C)c2)s1. The van der Waals surface area contributed by atoms with Crippen LogP contribution >= 0.6 is 11.3 Å². The Morgan fingerprint density at radius 2 is 2.14 bits per heavy atom. The van der Waals surface area contributed by atoms with Gasteiger partial charge >= 0.3 is 0 Å². The molecular formula is C13H20N4O2S2. The van der Waals surface area contributed by atoms with Gasteiger partial charge in [-0.25, -0.2) is 8.42 Å². The molecule has 0 amide bonds. The lowest BCUT2D eigenvalue weighted by Crippen LogP contribution is -2.17. The molecule has 0 aliphatic rings. The van der Waals surface area contributed by atoms with Crippen molar-refractivity contribution >= 4 is 27.0 Å². The van der Waals surface area contributed by atoms with Gasteiger partial charge in [0.2, 0.25) is 0 Å². The second kappa shape index (κ2) is 7.06. The van der Waals surface area contributed by atoms with E-state index >= 15 is 0 Å². The second-order valence-corrected chi connectivity index (χ2v) is 7.81. The van der Waals surface area contributed by atoms with Crippen molar-refractivity contribution in [2.75, 3.05) is 17.8 Å². The first-order valence-electron chi connectivity index (χ1n) is 6.82. The van der Waals surface area contributed by atoms with E-state index in [1.54, 1.807) is 24.0 Å². The van der Waals surface area contributed by atoms with Gasteiger partial charge in [0, 0.05) is 18.1 Å². The quantitative estimate of drug-likeness (QED) is 0.725. The molecule has 0 fully saturated rings. The summed E-state index contributed by atoms with van der Waals surface area (Å²) in [5, 5.41) is 7.25. The van der Waals surface area contributed by atoms with Crippen LogP contribution in [0.25, 0.3) is 0 Å². The monoisotopic (exact) mass is 328 g/mol. The lowest BCUT2D eigenvalue weighted by molar-refractivity contribution is 0.603. The summed E-state index contributed by atoms with van der Waals surface area (Å²) >= 11 is 1.31. The maximum Gasteiger partial charge on any atom is 0.271 e. The summed E-state index contributed by atoms with van der Waals surface area (Å²) in [5.74, 6) is 0. The van der Waals surface area contributed by atoms with Crippen LogP contribution in [0.1, 0.15) is 18.2 Å². The van der Waals surface area contributed by atoms with Crippen molar-refractivity contribution < 1.29 is 8.42 Å². The maximum absolute atomic E-state index is 12.2. The van der Waals surface area contributed by atoms with Gasteiger partial charge in [0.15, 0.2) is 0 Å². The van der Waals surface area contributed by atoms with Crippen molar-refractivity contribution in [1.82, 2.24) is 15.1 Å². The number of rotatable bonds is 8. The minimum absolute atomic E-state index is 0.330. The van der Waals surface area contributed by atoms with Gasteiger partial charge in [-0.2, -0.15) is 5.10 Å². The minimum Gasteiger partial charge on any atom is -0.316 e. The molecule has 21 heavy (non-hydrogen) atoms. The lowest BCUT2D eigenvalue weighted by atomic mass is 10.3. The van der Waals surface area contributed by atoms with Gasteiger partial charge in [-0.15, -0.1) is 11.3 Å². The number of hydrogen-bond donors (Lipinski definition) is 2. The van der Waals surface area contributed by atoms with Crippen LogP contribution in [0, 0.1) is 0 Å². The zero-order valence-corrected chi connectivity index (χ0v) is 13.8. The van der Waals surface area contributed by atoms with Crippen LogP contribution in [0.3, 0.4) is 0 Å². The van der Waals surface area contributed by atoms with E-state index in [4.69, 9.17) is 0 Å². The Morgan fingerprint density at radius 3 is 2.81 bits per heavy atom. The van der Waals surface area contributed by atoms with Crippen molar-refractivity contribution in [2.24, 2.45) is 7.05 Å². The van der Waals surface area contributed by atoms with Crippen LogP contribution < -0.4 is 10.0 Å². The summed E-state index contributed by atoms with van der Waals surface area (Å²) in [4.78, 5) is 1.06. The molecule has 0 aliphatic heterocycles. The summed E-state index contributed by atoms with van der Waals surface area (Å²) < 4.78 is 28.9. The average molecular weight is 328 g/mol. The molecule has 2 rings (SSSR count). The molecule has 0 saturated heterocycles. The van der Waals surface area contributed by atoms with E-state index in [1.807, 2.05) is 6.07 Å². The Bertz CT molecular complexity index is 676. The molecule has 0 unspecified atom stereocenters. The fourth-order valence-corrected chi connectivity index (χ4v) is 4.21. The van der Waals surface area contributed by atoms with Crippen molar-refractivity contribution in [3.05, 3.63) is 29.4 Å². The first kappa shape index (κ1) is 16.0. The number of nitrogens with one attached hydrogen (secondary N) is 2. The molecule has 0 bridgehead atoms. The van der Waals surface area contributed by atoms with Crippen LogP contribution in [-0.4, -0.2) is 31.3 Å². The highest BCUT2D eigenvalue weighted by Gasteiger charge is 2.17. The smallest absolute Gasteiger partial charge is 0.271 e. The third kappa shape index (κ3) is 4.55. The summed E-state index contributed by atoms with van der Waals surface area (Å²) in [5.41, 5.74) is 0.470. The predicted octanol–water partition coefficient (Wildman–Crippen LogP) is 1.82. The summed E-state index contributed by atoms with van der Waals surface area (Å²) in [6.45, 7) is 3.97. The largest absolute Gasteiger partial charge is 0.316 e. The van der Waals surface area contributed by atoms with Crippen LogP contribution in [0.2, 0.25) is 0 Å². The molecule has 6 nitrogen and oxygen atoms in total. The Labute approximate surface area is 129 Å². The fraction of sp³-hybridized carbons (Fsp3) is 0.462. The third-order valence-electron chi connectivity index (χ3n) is 2.83. The Morgan fingerprint density at radius 1 is 1.33 bits per heavy atom. The molecule has 2 aromatic heterocycles. The molecule has 0 radical (unpaired) electrons. The highest BCUT2D eigenvalue weighted by Crippen LogP contribution is 2.24. The molecule has 0 saturated carbocycles. The van der Waals surface area contributed by atoms with E-state index in [0.29, 0.717) is 9.90 Å². The van der Waals surface area contributed by atoms with E-state index in [1.165, 1.54) is 17.5 Å².